The van der Waals surface area contributed by atoms with Crippen molar-refractivity contribution in [2.24, 2.45) is 5.92 Å². The van der Waals surface area contributed by atoms with Gasteiger partial charge in [-0.05, 0) is 12.3 Å². The maximum atomic E-state index is 10.2. The topological polar surface area (TPSA) is 95.1 Å². The molecule has 3 N–H and O–H groups in total. The molecular formula is C13H30O5S. The summed E-state index contributed by atoms with van der Waals surface area (Å²) in [6, 6.07) is 0. The largest absolute Gasteiger partial charge is 0.412 e. The molecule has 6 heteroatoms. The number of rotatable bonds is 12. The lowest BCUT2D eigenvalue weighted by Gasteiger charge is -2.04. The van der Waals surface area contributed by atoms with Gasteiger partial charge in [-0.2, -0.15) is 8.42 Å². The summed E-state index contributed by atoms with van der Waals surface area (Å²) in [5, 5.41) is 0. The predicted octanol–water partition coefficient (Wildman–Crippen LogP) is 3.15. The van der Waals surface area contributed by atoms with Gasteiger partial charge in [0, 0.05) is 0 Å². The Balaban J connectivity index is 0. The zero-order valence-corrected chi connectivity index (χ0v) is 13.0. The van der Waals surface area contributed by atoms with Crippen molar-refractivity contribution in [2.45, 2.75) is 71.6 Å². The number of unbranched alkanes of at least 4 members (excludes halogenated alkanes) is 7. The van der Waals surface area contributed by atoms with Gasteiger partial charge in [0.05, 0.1) is 6.61 Å². The number of hydrogen-bond acceptors (Lipinski definition) is 3. The second-order valence-electron chi connectivity index (χ2n) is 5.26. The molecule has 0 aliphatic carbocycles. The highest BCUT2D eigenvalue weighted by Gasteiger charge is 2.02. The van der Waals surface area contributed by atoms with Crippen molar-refractivity contribution in [3.05, 3.63) is 0 Å². The van der Waals surface area contributed by atoms with Crippen LogP contribution in [0.25, 0.3) is 0 Å². The Kier molecular flexibility index (Phi) is 14.3. The highest BCUT2D eigenvalue weighted by molar-refractivity contribution is 7.80. The fourth-order valence-corrected chi connectivity index (χ4v) is 2.21. The minimum atomic E-state index is -4.24. The third-order valence-corrected chi connectivity index (χ3v) is 3.37. The van der Waals surface area contributed by atoms with Gasteiger partial charge in [0.25, 0.3) is 0 Å². The van der Waals surface area contributed by atoms with Crippen LogP contribution in [0.5, 0.6) is 0 Å². The second-order valence-corrected chi connectivity index (χ2v) is 6.35. The SMILES string of the molecule is CC(C)CCCCCCCCCCOS(=O)(=O)O.O. The molecule has 0 fully saturated rings. The first kappa shape index (κ1) is 21.1. The molecule has 0 aromatic carbocycles. The van der Waals surface area contributed by atoms with Crippen molar-refractivity contribution in [1.82, 2.24) is 0 Å². The van der Waals surface area contributed by atoms with Crippen LogP contribution < -0.4 is 0 Å². The van der Waals surface area contributed by atoms with Gasteiger partial charge in [-0.1, -0.05) is 65.2 Å². The molecule has 0 amide bonds. The molecule has 0 radical (unpaired) electrons. The maximum absolute atomic E-state index is 10.2. The first-order valence-corrected chi connectivity index (χ1v) is 8.40. The van der Waals surface area contributed by atoms with Crippen LogP contribution in [0.3, 0.4) is 0 Å². The Morgan fingerprint density at radius 1 is 0.895 bits per heavy atom. The average Bonchev–Trinajstić information content (AvgIpc) is 2.24. The van der Waals surface area contributed by atoms with E-state index in [4.69, 9.17) is 4.55 Å². The minimum absolute atomic E-state index is 0. The fraction of sp³-hybridized carbons (Fsp3) is 1.00. The summed E-state index contributed by atoms with van der Waals surface area (Å²) in [6.45, 7) is 4.61. The van der Waals surface area contributed by atoms with Crippen LogP contribution in [0, 0.1) is 5.92 Å². The van der Waals surface area contributed by atoms with Gasteiger partial charge in [0.1, 0.15) is 0 Å². The van der Waals surface area contributed by atoms with E-state index in [1.165, 1.54) is 38.5 Å². The molecule has 0 aromatic heterocycles. The summed E-state index contributed by atoms with van der Waals surface area (Å²) in [4.78, 5) is 0. The van der Waals surface area contributed by atoms with Gasteiger partial charge in [0.15, 0.2) is 0 Å². The summed E-state index contributed by atoms with van der Waals surface area (Å²) in [6.07, 6.45) is 10.5. The Morgan fingerprint density at radius 2 is 1.32 bits per heavy atom. The lowest BCUT2D eigenvalue weighted by atomic mass is 10.0. The first-order valence-electron chi connectivity index (χ1n) is 7.03. The van der Waals surface area contributed by atoms with Gasteiger partial charge < -0.3 is 5.48 Å². The molecule has 118 valence electrons. The highest BCUT2D eigenvalue weighted by atomic mass is 32.3. The highest BCUT2D eigenvalue weighted by Crippen LogP contribution is 2.12. The molecular weight excluding hydrogens is 268 g/mol. The van der Waals surface area contributed by atoms with Gasteiger partial charge in [0.2, 0.25) is 0 Å². The van der Waals surface area contributed by atoms with E-state index >= 15 is 0 Å². The summed E-state index contributed by atoms with van der Waals surface area (Å²) < 4.78 is 33.1. The Labute approximate surface area is 118 Å². The van der Waals surface area contributed by atoms with Gasteiger partial charge in [-0.3, -0.25) is 4.55 Å². The molecule has 19 heavy (non-hydrogen) atoms. The summed E-state index contributed by atoms with van der Waals surface area (Å²) in [5.41, 5.74) is 0. The van der Waals surface area contributed by atoms with E-state index in [1.54, 1.807) is 0 Å². The smallest absolute Gasteiger partial charge is 0.397 e. The van der Waals surface area contributed by atoms with Gasteiger partial charge >= 0.3 is 10.4 Å². The van der Waals surface area contributed by atoms with E-state index in [2.05, 4.69) is 18.0 Å². The summed E-state index contributed by atoms with van der Waals surface area (Å²) >= 11 is 0. The van der Waals surface area contributed by atoms with Crippen molar-refractivity contribution in [3.63, 3.8) is 0 Å². The van der Waals surface area contributed by atoms with Crippen molar-refractivity contribution < 1.29 is 22.6 Å². The molecule has 0 atom stereocenters. The molecule has 0 unspecified atom stereocenters. The van der Waals surface area contributed by atoms with Crippen molar-refractivity contribution in [1.29, 1.82) is 0 Å². The van der Waals surface area contributed by atoms with Crippen LogP contribution in [0.4, 0.5) is 0 Å². The Bertz CT molecular complexity index is 275. The standard InChI is InChI=1S/C13H28O4S.H2O/c1-13(2)11-9-7-5-3-4-6-8-10-12-17-18(14,15)16;/h13H,3-12H2,1-2H3,(H,14,15,16);1H2. The zero-order valence-electron chi connectivity index (χ0n) is 12.2. The molecule has 0 saturated carbocycles. The summed E-state index contributed by atoms with van der Waals surface area (Å²) in [7, 11) is -4.24. The van der Waals surface area contributed by atoms with Crippen LogP contribution in [0.2, 0.25) is 0 Å². The third kappa shape index (κ3) is 20.3. The van der Waals surface area contributed by atoms with Gasteiger partial charge in [-0.25, -0.2) is 4.18 Å². The molecule has 0 spiro atoms. The molecule has 5 nitrogen and oxygen atoms in total. The maximum Gasteiger partial charge on any atom is 0.397 e. The van der Waals surface area contributed by atoms with Crippen LogP contribution in [0.1, 0.15) is 71.6 Å². The minimum Gasteiger partial charge on any atom is -0.412 e. The molecule has 0 aliphatic rings. The summed E-state index contributed by atoms with van der Waals surface area (Å²) in [5.74, 6) is 0.813. The van der Waals surface area contributed by atoms with E-state index in [0.29, 0.717) is 6.42 Å². The molecule has 0 aromatic rings. The van der Waals surface area contributed by atoms with Crippen LogP contribution >= 0.6 is 0 Å². The number of hydrogen-bond donors (Lipinski definition) is 1. The van der Waals surface area contributed by atoms with Crippen LogP contribution in [-0.2, 0) is 14.6 Å². The fourth-order valence-electron chi connectivity index (χ4n) is 1.88. The Morgan fingerprint density at radius 3 is 1.74 bits per heavy atom. The third-order valence-electron chi connectivity index (χ3n) is 2.91. The van der Waals surface area contributed by atoms with E-state index in [1.807, 2.05) is 0 Å². The predicted molar refractivity (Wildman–Crippen MR) is 77.5 cm³/mol. The van der Waals surface area contributed by atoms with Crippen molar-refractivity contribution in [3.8, 4) is 0 Å². The van der Waals surface area contributed by atoms with E-state index in [9.17, 15) is 8.42 Å². The molecule has 0 saturated heterocycles. The molecule has 0 aliphatic heterocycles. The van der Waals surface area contributed by atoms with E-state index in [0.717, 1.165) is 18.8 Å². The lowest BCUT2D eigenvalue weighted by molar-refractivity contribution is 0.261. The first-order chi connectivity index (χ1) is 8.42. The second kappa shape index (κ2) is 12.8. The quantitative estimate of drug-likeness (QED) is 0.442. The van der Waals surface area contributed by atoms with E-state index in [-0.39, 0.29) is 12.1 Å². The monoisotopic (exact) mass is 298 g/mol. The normalized spacial score (nSPS) is 11.6. The lowest BCUT2D eigenvalue weighted by Crippen LogP contribution is -2.04. The molecule has 0 bridgehead atoms. The average molecular weight is 298 g/mol. The Hall–Kier alpha value is -0.170. The van der Waals surface area contributed by atoms with Gasteiger partial charge in [-0.15, -0.1) is 0 Å². The van der Waals surface area contributed by atoms with E-state index < -0.39 is 10.4 Å². The van der Waals surface area contributed by atoms with Crippen LogP contribution in [0.15, 0.2) is 0 Å². The molecule has 0 heterocycles. The van der Waals surface area contributed by atoms with Crippen molar-refractivity contribution in [2.75, 3.05) is 6.61 Å². The zero-order chi connectivity index (χ0) is 13.9. The van der Waals surface area contributed by atoms with Crippen LogP contribution in [-0.4, -0.2) is 25.1 Å². The molecule has 0 rings (SSSR count). The van der Waals surface area contributed by atoms with Crippen molar-refractivity contribution >= 4 is 10.4 Å².